The summed E-state index contributed by atoms with van der Waals surface area (Å²) in [4.78, 5) is 14.3. The zero-order valence-corrected chi connectivity index (χ0v) is 17.1. The number of hydrogen-bond acceptors (Lipinski definition) is 5. The largest absolute Gasteiger partial charge is 0.352 e. The lowest BCUT2D eigenvalue weighted by atomic mass is 10.1. The monoisotopic (exact) mass is 410 g/mol. The molecule has 0 radical (unpaired) electrons. The molecule has 5 rings (SSSR count). The topological polar surface area (TPSA) is 59.8 Å². The van der Waals surface area contributed by atoms with Crippen LogP contribution >= 0.6 is 23.1 Å². The Morgan fingerprint density at radius 3 is 2.64 bits per heavy atom. The zero-order valence-electron chi connectivity index (χ0n) is 15.5. The summed E-state index contributed by atoms with van der Waals surface area (Å²) in [7, 11) is 0. The highest BCUT2D eigenvalue weighted by molar-refractivity contribution is 8.00. The van der Waals surface area contributed by atoms with Crippen LogP contribution in [-0.4, -0.2) is 26.7 Å². The van der Waals surface area contributed by atoms with Gasteiger partial charge in [-0.15, -0.1) is 21.5 Å². The van der Waals surface area contributed by atoms with Crippen molar-refractivity contribution in [1.82, 2.24) is 20.1 Å². The molecule has 28 heavy (non-hydrogen) atoms. The van der Waals surface area contributed by atoms with Gasteiger partial charge in [-0.2, -0.15) is 0 Å². The van der Waals surface area contributed by atoms with Crippen LogP contribution in [-0.2, 0) is 11.2 Å². The molecule has 2 heterocycles. The second kappa shape index (κ2) is 7.72. The van der Waals surface area contributed by atoms with E-state index in [2.05, 4.69) is 37.6 Å². The van der Waals surface area contributed by atoms with Gasteiger partial charge >= 0.3 is 0 Å². The summed E-state index contributed by atoms with van der Waals surface area (Å²) in [6, 6.07) is 15.0. The Bertz CT molecular complexity index is 946. The molecule has 0 bridgehead atoms. The van der Waals surface area contributed by atoms with Crippen molar-refractivity contribution >= 4 is 29.0 Å². The molecule has 1 N–H and O–H groups in total. The summed E-state index contributed by atoms with van der Waals surface area (Å²) in [5, 5.41) is 14.8. The number of rotatable bonds is 8. The van der Waals surface area contributed by atoms with Crippen LogP contribution in [0.1, 0.15) is 53.2 Å². The molecule has 2 saturated carbocycles. The number of carbonyl (C=O) groups excluding carboxylic acids is 1. The summed E-state index contributed by atoms with van der Waals surface area (Å²) in [5.74, 6) is 1.07. The van der Waals surface area contributed by atoms with Gasteiger partial charge in [0, 0.05) is 23.4 Å². The van der Waals surface area contributed by atoms with Gasteiger partial charge in [0.15, 0.2) is 5.16 Å². The number of nitrogens with zero attached hydrogens (tertiary/aromatic N) is 3. The summed E-state index contributed by atoms with van der Waals surface area (Å²) in [5.41, 5.74) is 1.01. The fourth-order valence-electron chi connectivity index (χ4n) is 3.29. The molecule has 2 fully saturated rings. The van der Waals surface area contributed by atoms with E-state index < -0.39 is 0 Å². The highest BCUT2D eigenvalue weighted by Gasteiger charge is 2.34. The van der Waals surface area contributed by atoms with Crippen molar-refractivity contribution in [2.24, 2.45) is 0 Å². The Labute approximate surface area is 172 Å². The maximum atomic E-state index is 13.0. The first-order valence-corrected chi connectivity index (χ1v) is 11.5. The molecule has 1 aromatic carbocycles. The van der Waals surface area contributed by atoms with Crippen LogP contribution in [0, 0.1) is 0 Å². The minimum Gasteiger partial charge on any atom is -0.352 e. The molecule has 0 aliphatic heterocycles. The second-order valence-corrected chi connectivity index (χ2v) is 9.55. The molecular formula is C21H22N4OS2. The molecule has 1 amide bonds. The summed E-state index contributed by atoms with van der Waals surface area (Å²) in [6.07, 6.45) is 5.29. The first kappa shape index (κ1) is 17.9. The Morgan fingerprint density at radius 2 is 1.96 bits per heavy atom. The van der Waals surface area contributed by atoms with E-state index in [1.54, 1.807) is 11.3 Å². The van der Waals surface area contributed by atoms with Crippen LogP contribution in [0.3, 0.4) is 0 Å². The SMILES string of the molecule is O=C(NC1CC1)[C@@H](Sc1nnc(Cc2cccs2)n1C1CC1)c1ccccc1. The number of nitrogens with one attached hydrogen (secondary N) is 1. The Kier molecular flexibility index (Phi) is 4.94. The molecule has 5 nitrogen and oxygen atoms in total. The molecule has 0 unspecified atom stereocenters. The minimum absolute atomic E-state index is 0.0730. The molecule has 0 saturated heterocycles. The normalized spacial score (nSPS) is 17.4. The van der Waals surface area contributed by atoms with Crippen LogP contribution in [0.25, 0.3) is 0 Å². The maximum Gasteiger partial charge on any atom is 0.238 e. The average Bonchev–Trinajstić information content (AvgIpc) is 3.63. The van der Waals surface area contributed by atoms with Gasteiger partial charge in [0.25, 0.3) is 0 Å². The van der Waals surface area contributed by atoms with Crippen molar-refractivity contribution in [1.29, 1.82) is 0 Å². The number of hydrogen-bond donors (Lipinski definition) is 1. The zero-order chi connectivity index (χ0) is 18.9. The van der Waals surface area contributed by atoms with Gasteiger partial charge in [0.1, 0.15) is 11.1 Å². The summed E-state index contributed by atoms with van der Waals surface area (Å²) < 4.78 is 2.27. The third-order valence-corrected chi connectivity index (χ3v) is 7.13. The molecule has 0 spiro atoms. The van der Waals surface area contributed by atoms with E-state index in [4.69, 9.17) is 0 Å². The quantitative estimate of drug-likeness (QED) is 0.560. The van der Waals surface area contributed by atoms with E-state index in [1.165, 1.54) is 16.6 Å². The Balaban J connectivity index is 1.43. The first-order valence-electron chi connectivity index (χ1n) is 9.76. The second-order valence-electron chi connectivity index (χ2n) is 7.45. The Morgan fingerprint density at radius 1 is 1.14 bits per heavy atom. The van der Waals surface area contributed by atoms with Gasteiger partial charge < -0.3 is 9.88 Å². The molecule has 7 heteroatoms. The molecule has 3 aromatic rings. The van der Waals surface area contributed by atoms with E-state index in [0.29, 0.717) is 12.1 Å². The highest BCUT2D eigenvalue weighted by Crippen LogP contribution is 2.43. The predicted molar refractivity (Wildman–Crippen MR) is 112 cm³/mol. The number of carbonyl (C=O) groups is 1. The van der Waals surface area contributed by atoms with Crippen LogP contribution in [0.4, 0.5) is 0 Å². The lowest BCUT2D eigenvalue weighted by Gasteiger charge is -2.17. The van der Waals surface area contributed by atoms with Gasteiger partial charge in [0.05, 0.1) is 0 Å². The first-order chi connectivity index (χ1) is 13.8. The van der Waals surface area contributed by atoms with E-state index in [9.17, 15) is 4.79 Å². The van der Waals surface area contributed by atoms with Gasteiger partial charge in [-0.25, -0.2) is 0 Å². The van der Waals surface area contributed by atoms with E-state index in [-0.39, 0.29) is 11.2 Å². The van der Waals surface area contributed by atoms with Crippen LogP contribution < -0.4 is 5.32 Å². The minimum atomic E-state index is -0.307. The van der Waals surface area contributed by atoms with Crippen molar-refractivity contribution < 1.29 is 4.79 Å². The lowest BCUT2D eigenvalue weighted by Crippen LogP contribution is -2.30. The maximum absolute atomic E-state index is 13.0. The molecular weight excluding hydrogens is 388 g/mol. The van der Waals surface area contributed by atoms with Gasteiger partial charge in [0.2, 0.25) is 5.91 Å². The van der Waals surface area contributed by atoms with Crippen molar-refractivity contribution in [2.75, 3.05) is 0 Å². The fraction of sp³-hybridized carbons (Fsp3) is 0.381. The molecule has 2 aliphatic carbocycles. The average molecular weight is 411 g/mol. The van der Waals surface area contributed by atoms with Crippen molar-refractivity contribution in [2.45, 2.75) is 54.6 Å². The van der Waals surface area contributed by atoms with Crippen LogP contribution in [0.15, 0.2) is 53.0 Å². The van der Waals surface area contributed by atoms with E-state index in [0.717, 1.165) is 48.6 Å². The van der Waals surface area contributed by atoms with Gasteiger partial charge in [-0.05, 0) is 42.7 Å². The number of amides is 1. The van der Waals surface area contributed by atoms with Gasteiger partial charge in [-0.1, -0.05) is 48.2 Å². The van der Waals surface area contributed by atoms with E-state index in [1.807, 2.05) is 30.3 Å². The third kappa shape index (κ3) is 4.00. The van der Waals surface area contributed by atoms with Crippen molar-refractivity contribution in [3.05, 3.63) is 64.1 Å². The number of thioether (sulfide) groups is 1. The molecule has 144 valence electrons. The number of aromatic nitrogens is 3. The summed E-state index contributed by atoms with van der Waals surface area (Å²) >= 11 is 3.27. The lowest BCUT2D eigenvalue weighted by molar-refractivity contribution is -0.120. The number of thiophene rings is 1. The molecule has 1 atom stereocenters. The third-order valence-electron chi connectivity index (χ3n) is 5.05. The van der Waals surface area contributed by atoms with Crippen molar-refractivity contribution in [3.63, 3.8) is 0 Å². The Hall–Kier alpha value is -2.12. The fourth-order valence-corrected chi connectivity index (χ4v) is 5.12. The van der Waals surface area contributed by atoms with Crippen molar-refractivity contribution in [3.8, 4) is 0 Å². The number of benzene rings is 1. The molecule has 2 aliphatic rings. The summed E-state index contributed by atoms with van der Waals surface area (Å²) in [6.45, 7) is 0. The standard InChI is InChI=1S/C21H22N4OS2/c26-20(22-15-8-9-15)19(14-5-2-1-3-6-14)28-21-24-23-18(25(21)16-10-11-16)13-17-7-4-12-27-17/h1-7,12,15-16,19H,8-11,13H2,(H,22,26)/t19-/m0/s1. The van der Waals surface area contributed by atoms with Gasteiger partial charge in [-0.3, -0.25) is 4.79 Å². The van der Waals surface area contributed by atoms with E-state index >= 15 is 0 Å². The van der Waals surface area contributed by atoms with Crippen LogP contribution in [0.5, 0.6) is 0 Å². The highest BCUT2D eigenvalue weighted by atomic mass is 32.2. The predicted octanol–water partition coefficient (Wildman–Crippen LogP) is 4.38. The van der Waals surface area contributed by atoms with Crippen LogP contribution in [0.2, 0.25) is 0 Å². The smallest absolute Gasteiger partial charge is 0.238 e. The molecule has 2 aromatic heterocycles.